The van der Waals surface area contributed by atoms with E-state index >= 15 is 0 Å². The van der Waals surface area contributed by atoms with Gasteiger partial charge in [0.1, 0.15) is 47.5 Å². The molecule has 1 aromatic carbocycles. The van der Waals surface area contributed by atoms with Crippen LogP contribution in [-0.4, -0.2) is 27.7 Å². The summed E-state index contributed by atoms with van der Waals surface area (Å²) in [7, 11) is 0. The standard InChI is InChI=1S/C17H15IN4O2/c1-10(24-18)9-23-17-11(2)22-15(8-21-17)14-7-20-16-12(6-19)4-3-5-13(14)16/h3-5,7-8,10,20H,9H2,1-2H3. The zero-order valence-electron chi connectivity index (χ0n) is 13.2. The van der Waals surface area contributed by atoms with Crippen molar-refractivity contribution >= 4 is 33.9 Å². The van der Waals surface area contributed by atoms with E-state index in [9.17, 15) is 5.26 Å². The lowest BCUT2D eigenvalue weighted by Crippen LogP contribution is -2.15. The molecule has 0 saturated heterocycles. The molecule has 0 aliphatic carbocycles. The fourth-order valence-corrected chi connectivity index (χ4v) is 2.57. The molecule has 0 spiro atoms. The van der Waals surface area contributed by atoms with E-state index in [1.807, 2.05) is 55.2 Å². The van der Waals surface area contributed by atoms with Crippen molar-refractivity contribution in [2.24, 2.45) is 0 Å². The molecule has 24 heavy (non-hydrogen) atoms. The Labute approximate surface area is 153 Å². The molecule has 6 nitrogen and oxygen atoms in total. The minimum atomic E-state index is -0.0236. The number of benzene rings is 1. The molecule has 7 heteroatoms. The first kappa shape index (κ1) is 16.7. The summed E-state index contributed by atoms with van der Waals surface area (Å²) in [5.74, 6) is 0.497. The van der Waals surface area contributed by atoms with Crippen LogP contribution < -0.4 is 4.74 Å². The van der Waals surface area contributed by atoms with Crippen molar-refractivity contribution in [3.8, 4) is 23.2 Å². The summed E-state index contributed by atoms with van der Waals surface area (Å²) >= 11 is 1.85. The number of nitriles is 1. The summed E-state index contributed by atoms with van der Waals surface area (Å²) < 4.78 is 10.8. The van der Waals surface area contributed by atoms with Crippen molar-refractivity contribution in [1.29, 1.82) is 5.26 Å². The monoisotopic (exact) mass is 434 g/mol. The average Bonchev–Trinajstić information content (AvgIpc) is 3.04. The smallest absolute Gasteiger partial charge is 0.235 e. The van der Waals surface area contributed by atoms with E-state index in [1.54, 1.807) is 12.3 Å². The van der Waals surface area contributed by atoms with E-state index < -0.39 is 0 Å². The largest absolute Gasteiger partial charge is 0.474 e. The van der Waals surface area contributed by atoms with Crippen LogP contribution in [0.5, 0.6) is 5.88 Å². The van der Waals surface area contributed by atoms with Crippen LogP contribution in [-0.2, 0) is 3.07 Å². The van der Waals surface area contributed by atoms with Crippen molar-refractivity contribution in [3.05, 3.63) is 41.9 Å². The molecule has 1 N–H and O–H groups in total. The molecule has 0 aliphatic heterocycles. The number of halogens is 1. The zero-order chi connectivity index (χ0) is 17.1. The van der Waals surface area contributed by atoms with Crippen molar-refractivity contribution in [1.82, 2.24) is 15.0 Å². The second kappa shape index (κ2) is 7.15. The van der Waals surface area contributed by atoms with Gasteiger partial charge in [-0.25, -0.2) is 9.97 Å². The number of aryl methyl sites for hydroxylation is 1. The molecular formula is C17H15IN4O2. The van der Waals surface area contributed by atoms with Crippen molar-refractivity contribution in [2.45, 2.75) is 20.0 Å². The number of H-pyrrole nitrogens is 1. The number of aromatic nitrogens is 3. The van der Waals surface area contributed by atoms with E-state index in [-0.39, 0.29) is 6.10 Å². The second-order valence-electron chi connectivity index (χ2n) is 5.40. The highest BCUT2D eigenvalue weighted by molar-refractivity contribution is 14.1. The Kier molecular flexibility index (Phi) is 4.97. The van der Waals surface area contributed by atoms with Crippen LogP contribution in [0.4, 0.5) is 0 Å². The van der Waals surface area contributed by atoms with Crippen LogP contribution in [0.2, 0.25) is 0 Å². The van der Waals surface area contributed by atoms with E-state index in [2.05, 4.69) is 21.0 Å². The van der Waals surface area contributed by atoms with Gasteiger partial charge in [0.2, 0.25) is 5.88 Å². The lowest BCUT2D eigenvalue weighted by Gasteiger charge is -2.11. The predicted molar refractivity (Wildman–Crippen MR) is 98.8 cm³/mol. The number of ether oxygens (including phenoxy) is 1. The third kappa shape index (κ3) is 3.20. The van der Waals surface area contributed by atoms with Gasteiger partial charge in [-0.05, 0) is 19.9 Å². The molecule has 1 unspecified atom stereocenters. The van der Waals surface area contributed by atoms with Crippen molar-refractivity contribution < 1.29 is 7.80 Å². The average molecular weight is 434 g/mol. The Bertz CT molecular complexity index is 917. The van der Waals surface area contributed by atoms with Crippen LogP contribution in [0.3, 0.4) is 0 Å². The van der Waals surface area contributed by atoms with Crippen LogP contribution in [0.15, 0.2) is 30.6 Å². The first-order valence-corrected chi connectivity index (χ1v) is 8.26. The second-order valence-corrected chi connectivity index (χ2v) is 5.91. The molecular weight excluding hydrogens is 419 g/mol. The Morgan fingerprint density at radius 1 is 1.42 bits per heavy atom. The van der Waals surface area contributed by atoms with Crippen LogP contribution in [0, 0.1) is 18.3 Å². The maximum Gasteiger partial charge on any atom is 0.235 e. The molecule has 2 aromatic heterocycles. The number of rotatable bonds is 5. The van der Waals surface area contributed by atoms with E-state index in [0.717, 1.165) is 22.2 Å². The molecule has 3 rings (SSSR count). The summed E-state index contributed by atoms with van der Waals surface area (Å²) in [6.45, 7) is 4.19. The van der Waals surface area contributed by atoms with Crippen LogP contribution >= 0.6 is 23.0 Å². The molecule has 122 valence electrons. The normalized spacial score (nSPS) is 12.1. The van der Waals surface area contributed by atoms with E-state index in [4.69, 9.17) is 7.80 Å². The quantitative estimate of drug-likeness (QED) is 0.616. The summed E-state index contributed by atoms with van der Waals surface area (Å²) in [4.78, 5) is 12.1. The molecule has 0 saturated carbocycles. The maximum absolute atomic E-state index is 9.19. The van der Waals surface area contributed by atoms with Gasteiger partial charge in [0.25, 0.3) is 0 Å². The summed E-state index contributed by atoms with van der Waals surface area (Å²) in [6.07, 6.45) is 3.51. The lowest BCUT2D eigenvalue weighted by molar-refractivity contribution is 0.180. The van der Waals surface area contributed by atoms with Crippen molar-refractivity contribution in [2.75, 3.05) is 6.61 Å². The number of para-hydroxylation sites is 1. The number of nitrogens with zero attached hydrogens (tertiary/aromatic N) is 3. The molecule has 0 bridgehead atoms. The first-order chi connectivity index (χ1) is 11.6. The van der Waals surface area contributed by atoms with Gasteiger partial charge in [0.05, 0.1) is 23.0 Å². The van der Waals surface area contributed by atoms with Crippen molar-refractivity contribution in [3.63, 3.8) is 0 Å². The molecule has 0 radical (unpaired) electrons. The minimum Gasteiger partial charge on any atom is -0.474 e. The number of hydrogen-bond donors (Lipinski definition) is 1. The molecule has 2 heterocycles. The molecule has 1 atom stereocenters. The Morgan fingerprint density at radius 3 is 2.96 bits per heavy atom. The third-order valence-corrected chi connectivity index (χ3v) is 4.49. The molecule has 3 aromatic rings. The minimum absolute atomic E-state index is 0.0236. The Morgan fingerprint density at radius 2 is 2.25 bits per heavy atom. The lowest BCUT2D eigenvalue weighted by atomic mass is 10.1. The summed E-state index contributed by atoms with van der Waals surface area (Å²) in [5, 5.41) is 10.1. The molecule has 0 aliphatic rings. The molecule has 0 amide bonds. The van der Waals surface area contributed by atoms with Crippen LogP contribution in [0.25, 0.3) is 22.2 Å². The Hall–Kier alpha value is -2.18. The number of nitrogens with one attached hydrogen (secondary N) is 1. The van der Waals surface area contributed by atoms with Gasteiger partial charge in [-0.3, -0.25) is 0 Å². The molecule has 0 fully saturated rings. The van der Waals surface area contributed by atoms with Gasteiger partial charge in [0, 0.05) is 17.1 Å². The zero-order valence-corrected chi connectivity index (χ0v) is 15.4. The van der Waals surface area contributed by atoms with E-state index in [0.29, 0.717) is 23.7 Å². The summed E-state index contributed by atoms with van der Waals surface area (Å²) in [6, 6.07) is 7.80. The third-order valence-electron chi connectivity index (χ3n) is 3.62. The number of hydrogen-bond acceptors (Lipinski definition) is 5. The highest BCUT2D eigenvalue weighted by Gasteiger charge is 2.13. The first-order valence-electron chi connectivity index (χ1n) is 7.38. The van der Waals surface area contributed by atoms with Gasteiger partial charge in [-0.1, -0.05) is 12.1 Å². The maximum atomic E-state index is 9.19. The SMILES string of the molecule is Cc1nc(-c2c[nH]c3c(C#N)cccc23)cnc1OCC(C)OI. The topological polar surface area (TPSA) is 83.8 Å². The van der Waals surface area contributed by atoms with Gasteiger partial charge >= 0.3 is 0 Å². The fraction of sp³-hybridized carbons (Fsp3) is 0.235. The predicted octanol–water partition coefficient (Wildman–Crippen LogP) is 3.94. The number of aromatic amines is 1. The van der Waals surface area contributed by atoms with Gasteiger partial charge in [0.15, 0.2) is 0 Å². The van der Waals surface area contributed by atoms with E-state index in [1.165, 1.54) is 0 Å². The number of fused-ring (bicyclic) bond motifs is 1. The van der Waals surface area contributed by atoms with Gasteiger partial charge in [-0.2, -0.15) is 5.26 Å². The van der Waals surface area contributed by atoms with Crippen LogP contribution in [0.1, 0.15) is 18.2 Å². The highest BCUT2D eigenvalue weighted by Crippen LogP contribution is 2.29. The summed E-state index contributed by atoms with van der Waals surface area (Å²) in [5.41, 5.74) is 3.77. The van der Waals surface area contributed by atoms with Gasteiger partial charge in [-0.15, -0.1) is 0 Å². The Balaban J connectivity index is 1.94. The van der Waals surface area contributed by atoms with Gasteiger partial charge < -0.3 is 12.8 Å². The highest BCUT2D eigenvalue weighted by atomic mass is 127. The fourth-order valence-electron chi connectivity index (χ4n) is 2.42.